The molecular formula is C15H28N2O2. The van der Waals surface area contributed by atoms with Crippen LogP contribution in [-0.4, -0.2) is 38.8 Å². The molecule has 2 aliphatic heterocycles. The zero-order chi connectivity index (χ0) is 13.8. The Labute approximate surface area is 116 Å². The number of carbonyl (C=O) groups is 1. The lowest BCUT2D eigenvalue weighted by molar-refractivity contribution is -0.133. The minimum absolute atomic E-state index is 0.132. The maximum absolute atomic E-state index is 12.6. The summed E-state index contributed by atoms with van der Waals surface area (Å²) in [7, 11) is 0. The van der Waals surface area contributed by atoms with Crippen molar-refractivity contribution < 1.29 is 9.53 Å². The van der Waals surface area contributed by atoms with E-state index in [2.05, 4.69) is 24.5 Å². The first-order valence-electron chi connectivity index (χ1n) is 7.67. The molecule has 1 amide bonds. The van der Waals surface area contributed by atoms with Crippen molar-refractivity contribution in [3.8, 4) is 0 Å². The third-order valence-corrected chi connectivity index (χ3v) is 5.09. The highest BCUT2D eigenvalue weighted by Gasteiger charge is 2.38. The standard InChI is InChI=1S/C15H28N2O2/c1-3-15(4-8-16-9-5-15)13(18)17-12-14(2)6-10-19-11-7-14/h16H,3-12H2,1-2H3,(H,17,18). The summed E-state index contributed by atoms with van der Waals surface area (Å²) in [6, 6.07) is 0. The van der Waals surface area contributed by atoms with Gasteiger partial charge in [0.15, 0.2) is 0 Å². The molecule has 0 aromatic carbocycles. The van der Waals surface area contributed by atoms with Gasteiger partial charge in [-0.15, -0.1) is 0 Å². The smallest absolute Gasteiger partial charge is 0.226 e. The number of ether oxygens (including phenoxy) is 1. The third-order valence-electron chi connectivity index (χ3n) is 5.09. The highest BCUT2D eigenvalue weighted by Crippen LogP contribution is 2.34. The van der Waals surface area contributed by atoms with Gasteiger partial charge in [0.25, 0.3) is 0 Å². The molecule has 2 aliphatic rings. The van der Waals surface area contributed by atoms with Crippen LogP contribution in [0, 0.1) is 10.8 Å². The lowest BCUT2D eigenvalue weighted by atomic mass is 9.75. The van der Waals surface area contributed by atoms with Gasteiger partial charge >= 0.3 is 0 Å². The average molecular weight is 268 g/mol. The first kappa shape index (κ1) is 14.8. The number of piperidine rings is 1. The van der Waals surface area contributed by atoms with Crippen molar-refractivity contribution >= 4 is 5.91 Å². The fourth-order valence-corrected chi connectivity index (χ4v) is 3.17. The molecule has 0 radical (unpaired) electrons. The molecule has 4 heteroatoms. The second-order valence-corrected chi connectivity index (χ2v) is 6.49. The van der Waals surface area contributed by atoms with Gasteiger partial charge in [-0.1, -0.05) is 13.8 Å². The first-order valence-corrected chi connectivity index (χ1v) is 7.67. The van der Waals surface area contributed by atoms with Crippen LogP contribution in [-0.2, 0) is 9.53 Å². The van der Waals surface area contributed by atoms with Crippen LogP contribution in [0.5, 0.6) is 0 Å². The number of hydrogen-bond acceptors (Lipinski definition) is 3. The predicted molar refractivity (Wildman–Crippen MR) is 76.0 cm³/mol. The monoisotopic (exact) mass is 268 g/mol. The Morgan fingerprint density at radius 2 is 1.84 bits per heavy atom. The summed E-state index contributed by atoms with van der Waals surface area (Å²) in [5.41, 5.74) is 0.0858. The van der Waals surface area contributed by atoms with Gasteiger partial charge in [0, 0.05) is 19.8 Å². The van der Waals surface area contributed by atoms with E-state index in [0.717, 1.165) is 65.0 Å². The number of nitrogens with one attached hydrogen (secondary N) is 2. The molecule has 0 bridgehead atoms. The Morgan fingerprint density at radius 3 is 2.42 bits per heavy atom. The number of carbonyl (C=O) groups excluding carboxylic acids is 1. The van der Waals surface area contributed by atoms with Gasteiger partial charge in [-0.2, -0.15) is 0 Å². The fraction of sp³-hybridized carbons (Fsp3) is 0.933. The Morgan fingerprint density at radius 1 is 1.21 bits per heavy atom. The van der Waals surface area contributed by atoms with Gasteiger partial charge in [0.05, 0.1) is 5.41 Å². The molecule has 110 valence electrons. The number of hydrogen-bond donors (Lipinski definition) is 2. The van der Waals surface area contributed by atoms with Crippen LogP contribution < -0.4 is 10.6 Å². The van der Waals surface area contributed by atoms with Gasteiger partial charge in [-0.05, 0) is 50.6 Å². The summed E-state index contributed by atoms with van der Waals surface area (Å²) in [5, 5.41) is 6.58. The molecule has 0 aliphatic carbocycles. The molecule has 4 nitrogen and oxygen atoms in total. The summed E-state index contributed by atoms with van der Waals surface area (Å²) >= 11 is 0. The largest absolute Gasteiger partial charge is 0.381 e. The second-order valence-electron chi connectivity index (χ2n) is 6.49. The van der Waals surface area contributed by atoms with Crippen LogP contribution in [0.1, 0.15) is 46.0 Å². The third kappa shape index (κ3) is 3.48. The summed E-state index contributed by atoms with van der Waals surface area (Å²) in [4.78, 5) is 12.6. The van der Waals surface area contributed by atoms with E-state index < -0.39 is 0 Å². The summed E-state index contributed by atoms with van der Waals surface area (Å²) in [6.07, 6.45) is 4.98. The number of amides is 1. The normalized spacial score (nSPS) is 25.8. The van der Waals surface area contributed by atoms with Gasteiger partial charge in [-0.3, -0.25) is 4.79 Å². The molecule has 2 heterocycles. The Kier molecular flexibility index (Phi) is 4.85. The van der Waals surface area contributed by atoms with Crippen molar-refractivity contribution in [1.82, 2.24) is 10.6 Å². The van der Waals surface area contributed by atoms with E-state index >= 15 is 0 Å². The fourth-order valence-electron chi connectivity index (χ4n) is 3.17. The van der Waals surface area contributed by atoms with Crippen LogP contribution in [0.15, 0.2) is 0 Å². The molecule has 0 aromatic rings. The average Bonchev–Trinajstić information content (AvgIpc) is 2.46. The van der Waals surface area contributed by atoms with Crippen molar-refractivity contribution in [2.45, 2.75) is 46.0 Å². The SMILES string of the molecule is CCC1(C(=O)NCC2(C)CCOCC2)CCNCC1. The molecular weight excluding hydrogens is 240 g/mol. The molecule has 2 fully saturated rings. The molecule has 0 spiro atoms. The Balaban J connectivity index is 1.88. The quantitative estimate of drug-likeness (QED) is 0.816. The van der Waals surface area contributed by atoms with Crippen molar-refractivity contribution in [3.63, 3.8) is 0 Å². The van der Waals surface area contributed by atoms with Crippen LogP contribution in [0.3, 0.4) is 0 Å². The van der Waals surface area contributed by atoms with Crippen LogP contribution in [0.2, 0.25) is 0 Å². The molecule has 0 saturated carbocycles. The maximum atomic E-state index is 12.6. The van der Waals surface area contributed by atoms with Crippen LogP contribution >= 0.6 is 0 Å². The van der Waals surface area contributed by atoms with E-state index in [9.17, 15) is 4.79 Å². The Bertz CT molecular complexity index is 305. The molecule has 2 rings (SSSR count). The zero-order valence-corrected chi connectivity index (χ0v) is 12.4. The molecule has 0 atom stereocenters. The highest BCUT2D eigenvalue weighted by atomic mass is 16.5. The van der Waals surface area contributed by atoms with Crippen molar-refractivity contribution in [3.05, 3.63) is 0 Å². The summed E-state index contributed by atoms with van der Waals surface area (Å²) < 4.78 is 5.41. The molecule has 2 N–H and O–H groups in total. The van der Waals surface area contributed by atoms with Crippen molar-refractivity contribution in [2.24, 2.45) is 10.8 Å². The minimum atomic E-state index is -0.132. The Hall–Kier alpha value is -0.610. The van der Waals surface area contributed by atoms with E-state index in [-0.39, 0.29) is 16.7 Å². The highest BCUT2D eigenvalue weighted by molar-refractivity contribution is 5.82. The second kappa shape index (κ2) is 6.23. The minimum Gasteiger partial charge on any atom is -0.381 e. The number of rotatable bonds is 4. The van der Waals surface area contributed by atoms with E-state index in [1.54, 1.807) is 0 Å². The lowest BCUT2D eigenvalue weighted by Gasteiger charge is -2.38. The maximum Gasteiger partial charge on any atom is 0.226 e. The van der Waals surface area contributed by atoms with Crippen LogP contribution in [0.25, 0.3) is 0 Å². The topological polar surface area (TPSA) is 50.4 Å². The first-order chi connectivity index (χ1) is 9.10. The zero-order valence-electron chi connectivity index (χ0n) is 12.4. The predicted octanol–water partition coefficient (Wildman–Crippen LogP) is 1.70. The lowest BCUT2D eigenvalue weighted by Crippen LogP contribution is -2.50. The van der Waals surface area contributed by atoms with Crippen molar-refractivity contribution in [2.75, 3.05) is 32.8 Å². The van der Waals surface area contributed by atoms with Crippen LogP contribution in [0.4, 0.5) is 0 Å². The summed E-state index contributed by atoms with van der Waals surface area (Å²) in [6.45, 7) is 8.78. The van der Waals surface area contributed by atoms with E-state index in [1.807, 2.05) is 0 Å². The summed E-state index contributed by atoms with van der Waals surface area (Å²) in [5.74, 6) is 0.268. The van der Waals surface area contributed by atoms with E-state index in [1.165, 1.54) is 0 Å². The molecule has 0 aromatic heterocycles. The van der Waals surface area contributed by atoms with Gasteiger partial charge in [0.2, 0.25) is 5.91 Å². The van der Waals surface area contributed by atoms with Gasteiger partial charge < -0.3 is 15.4 Å². The van der Waals surface area contributed by atoms with Gasteiger partial charge in [0.1, 0.15) is 0 Å². The van der Waals surface area contributed by atoms with E-state index in [0.29, 0.717) is 0 Å². The molecule has 0 unspecified atom stereocenters. The molecule has 2 saturated heterocycles. The van der Waals surface area contributed by atoms with Gasteiger partial charge in [-0.25, -0.2) is 0 Å². The van der Waals surface area contributed by atoms with E-state index in [4.69, 9.17) is 4.74 Å². The van der Waals surface area contributed by atoms with Crippen molar-refractivity contribution in [1.29, 1.82) is 0 Å². The molecule has 19 heavy (non-hydrogen) atoms.